The Balaban J connectivity index is 2.19. The number of carbonyl (C=O) groups is 1. The fourth-order valence-electron chi connectivity index (χ4n) is 2.47. The fourth-order valence-corrected chi connectivity index (χ4v) is 2.95. The molecule has 0 saturated carbocycles. The molecule has 0 spiro atoms. The van der Waals surface area contributed by atoms with Crippen LogP contribution in [0.2, 0.25) is 0 Å². The smallest absolute Gasteiger partial charge is 0.338 e. The molecule has 2 rings (SSSR count). The van der Waals surface area contributed by atoms with E-state index in [9.17, 15) is 18.0 Å². The molecule has 2 heterocycles. The maximum absolute atomic E-state index is 13.0. The summed E-state index contributed by atoms with van der Waals surface area (Å²) in [6.45, 7) is 5.94. The lowest BCUT2D eigenvalue weighted by Gasteiger charge is -2.21. The number of nitrogens with zero attached hydrogens (tertiary/aromatic N) is 5. The number of carbonyl (C=O) groups excluding carboxylic acids is 1. The minimum atomic E-state index is -4.59. The Kier molecular flexibility index (Phi) is 5.60. The average Bonchev–Trinajstić information content (AvgIpc) is 3.11. The van der Waals surface area contributed by atoms with Crippen LogP contribution in [0.5, 0.6) is 0 Å². The second kappa shape index (κ2) is 7.19. The largest absolute Gasteiger partial charge is 0.436 e. The summed E-state index contributed by atoms with van der Waals surface area (Å²) in [6, 6.07) is 0.931. The molecule has 6 nitrogen and oxygen atoms in total. The maximum atomic E-state index is 13.0. The molecule has 1 amide bonds. The Bertz CT molecular complexity index is 768. The highest BCUT2D eigenvalue weighted by Gasteiger charge is 2.39. The van der Waals surface area contributed by atoms with Crippen LogP contribution >= 0.6 is 15.9 Å². The Hall–Kier alpha value is -1.84. The molecular formula is C15H19BrF3N5O. The van der Waals surface area contributed by atoms with Crippen molar-refractivity contribution in [3.05, 3.63) is 33.8 Å². The van der Waals surface area contributed by atoms with Crippen molar-refractivity contribution in [2.45, 2.75) is 46.1 Å². The summed E-state index contributed by atoms with van der Waals surface area (Å²) in [5.74, 6) is -0.349. The molecule has 0 aliphatic rings. The first-order chi connectivity index (χ1) is 11.6. The quantitative estimate of drug-likeness (QED) is 0.743. The molecule has 0 aliphatic carbocycles. The standard InChI is InChI=1S/C15H19BrF3N5O/c1-5-23-7-6-11(20-23)8-22(4)14(25)10(3)24-9(2)12(16)13(21-24)15(17,18)19/h6-7,10H,5,8H2,1-4H3. The Morgan fingerprint density at radius 2 is 2.04 bits per heavy atom. The number of rotatable bonds is 5. The zero-order valence-corrected chi connectivity index (χ0v) is 15.9. The van der Waals surface area contributed by atoms with Gasteiger partial charge in [-0.3, -0.25) is 14.2 Å². The van der Waals surface area contributed by atoms with Crippen molar-refractivity contribution in [1.82, 2.24) is 24.5 Å². The van der Waals surface area contributed by atoms with Gasteiger partial charge in [-0.2, -0.15) is 23.4 Å². The van der Waals surface area contributed by atoms with Crippen molar-refractivity contribution in [3.63, 3.8) is 0 Å². The highest BCUT2D eigenvalue weighted by molar-refractivity contribution is 9.10. The van der Waals surface area contributed by atoms with Gasteiger partial charge in [0.25, 0.3) is 0 Å². The average molecular weight is 422 g/mol. The molecule has 1 atom stereocenters. The van der Waals surface area contributed by atoms with Gasteiger partial charge in [0.1, 0.15) is 6.04 Å². The van der Waals surface area contributed by atoms with Crippen LogP contribution in [0.25, 0.3) is 0 Å². The molecule has 0 radical (unpaired) electrons. The van der Waals surface area contributed by atoms with Gasteiger partial charge in [-0.15, -0.1) is 0 Å². The monoisotopic (exact) mass is 421 g/mol. The van der Waals surface area contributed by atoms with Crippen LogP contribution in [0.1, 0.15) is 37.0 Å². The van der Waals surface area contributed by atoms with Crippen molar-refractivity contribution in [3.8, 4) is 0 Å². The van der Waals surface area contributed by atoms with E-state index in [4.69, 9.17) is 0 Å². The Morgan fingerprint density at radius 1 is 1.40 bits per heavy atom. The maximum Gasteiger partial charge on any atom is 0.436 e. The summed E-state index contributed by atoms with van der Waals surface area (Å²) in [6.07, 6.45) is -2.78. The zero-order chi connectivity index (χ0) is 18.9. The number of hydrogen-bond donors (Lipinski definition) is 0. The van der Waals surface area contributed by atoms with E-state index in [0.29, 0.717) is 5.69 Å². The molecule has 0 bridgehead atoms. The van der Waals surface area contributed by atoms with E-state index in [-0.39, 0.29) is 22.6 Å². The van der Waals surface area contributed by atoms with Crippen LogP contribution in [0.4, 0.5) is 13.2 Å². The van der Waals surface area contributed by atoms with Crippen molar-refractivity contribution in [2.24, 2.45) is 0 Å². The van der Waals surface area contributed by atoms with E-state index in [0.717, 1.165) is 11.2 Å². The SMILES string of the molecule is CCn1ccc(CN(C)C(=O)C(C)n2nc(C(F)(F)F)c(Br)c2C)n1. The van der Waals surface area contributed by atoms with Crippen molar-refractivity contribution < 1.29 is 18.0 Å². The van der Waals surface area contributed by atoms with Crippen molar-refractivity contribution in [1.29, 1.82) is 0 Å². The first-order valence-electron chi connectivity index (χ1n) is 7.65. The lowest BCUT2D eigenvalue weighted by atomic mass is 10.2. The minimum Gasteiger partial charge on any atom is -0.338 e. The summed E-state index contributed by atoms with van der Waals surface area (Å²) in [5.41, 5.74) is -0.0786. The third-order valence-electron chi connectivity index (χ3n) is 3.86. The van der Waals surface area contributed by atoms with Crippen LogP contribution < -0.4 is 0 Å². The third-order valence-corrected chi connectivity index (χ3v) is 4.81. The first kappa shape index (κ1) is 19.5. The topological polar surface area (TPSA) is 56.0 Å². The van der Waals surface area contributed by atoms with Gasteiger partial charge in [0, 0.05) is 19.8 Å². The van der Waals surface area contributed by atoms with Crippen LogP contribution in [-0.4, -0.2) is 37.4 Å². The summed E-state index contributed by atoms with van der Waals surface area (Å²) in [5, 5.41) is 7.88. The molecule has 0 aromatic carbocycles. The first-order valence-corrected chi connectivity index (χ1v) is 8.44. The number of aryl methyl sites for hydroxylation is 1. The van der Waals surface area contributed by atoms with Gasteiger partial charge in [0.05, 0.1) is 22.4 Å². The molecule has 2 aromatic rings. The van der Waals surface area contributed by atoms with E-state index < -0.39 is 17.9 Å². The molecular weight excluding hydrogens is 403 g/mol. The summed E-state index contributed by atoms with van der Waals surface area (Å²) in [7, 11) is 1.59. The number of amides is 1. The van der Waals surface area contributed by atoms with Crippen molar-refractivity contribution in [2.75, 3.05) is 7.05 Å². The van der Waals surface area contributed by atoms with Crippen molar-refractivity contribution >= 4 is 21.8 Å². The molecule has 0 aliphatic heterocycles. The number of hydrogen-bond acceptors (Lipinski definition) is 3. The second-order valence-electron chi connectivity index (χ2n) is 5.72. The highest BCUT2D eigenvalue weighted by atomic mass is 79.9. The number of aromatic nitrogens is 4. The second-order valence-corrected chi connectivity index (χ2v) is 6.52. The lowest BCUT2D eigenvalue weighted by molar-refractivity contribution is -0.143. The number of likely N-dealkylation sites (N-methyl/N-ethyl adjacent to an activating group) is 1. The van der Waals surface area contributed by atoms with Crippen LogP contribution in [-0.2, 0) is 24.1 Å². The summed E-state index contributed by atoms with van der Waals surface area (Å²) < 4.78 is 41.6. The van der Waals surface area contributed by atoms with Gasteiger partial charge in [-0.05, 0) is 42.8 Å². The minimum absolute atomic E-state index is 0.149. The Labute approximate surface area is 151 Å². The molecule has 25 heavy (non-hydrogen) atoms. The highest BCUT2D eigenvalue weighted by Crippen LogP contribution is 2.36. The van der Waals surface area contributed by atoms with Gasteiger partial charge in [0.2, 0.25) is 5.91 Å². The van der Waals surface area contributed by atoms with Gasteiger partial charge < -0.3 is 4.90 Å². The van der Waals surface area contributed by atoms with E-state index in [1.54, 1.807) is 24.0 Å². The molecule has 0 fully saturated rings. The molecule has 138 valence electrons. The van der Waals surface area contributed by atoms with E-state index in [1.165, 1.54) is 18.7 Å². The van der Waals surface area contributed by atoms with Gasteiger partial charge in [0.15, 0.2) is 5.69 Å². The molecule has 1 unspecified atom stereocenters. The molecule has 10 heteroatoms. The van der Waals surface area contributed by atoms with Crippen LogP contribution in [0, 0.1) is 6.92 Å². The zero-order valence-electron chi connectivity index (χ0n) is 14.3. The van der Waals surface area contributed by atoms with Gasteiger partial charge in [-0.25, -0.2) is 0 Å². The lowest BCUT2D eigenvalue weighted by Crippen LogP contribution is -2.33. The van der Waals surface area contributed by atoms with Gasteiger partial charge >= 0.3 is 6.18 Å². The predicted octanol–water partition coefficient (Wildman–Crippen LogP) is 3.41. The molecule has 2 aromatic heterocycles. The van der Waals surface area contributed by atoms with Crippen LogP contribution in [0.3, 0.4) is 0 Å². The third kappa shape index (κ3) is 4.05. The van der Waals surface area contributed by atoms with Crippen LogP contribution in [0.15, 0.2) is 16.7 Å². The van der Waals surface area contributed by atoms with Gasteiger partial charge in [-0.1, -0.05) is 0 Å². The predicted molar refractivity (Wildman–Crippen MR) is 88.8 cm³/mol. The van der Waals surface area contributed by atoms with E-state index >= 15 is 0 Å². The van der Waals surface area contributed by atoms with E-state index in [2.05, 4.69) is 26.1 Å². The fraction of sp³-hybridized carbons (Fsp3) is 0.533. The normalized spacial score (nSPS) is 13.1. The number of halogens is 4. The molecule has 0 N–H and O–H groups in total. The summed E-state index contributed by atoms with van der Waals surface area (Å²) in [4.78, 5) is 14.0. The molecule has 0 saturated heterocycles. The van der Waals surface area contributed by atoms with E-state index in [1.807, 2.05) is 6.92 Å². The summed E-state index contributed by atoms with van der Waals surface area (Å²) >= 11 is 2.91. The number of alkyl halides is 3. The Morgan fingerprint density at radius 3 is 2.52 bits per heavy atom.